The smallest absolute Gasteiger partial charge is 0.0668 e. The van der Waals surface area contributed by atoms with Crippen molar-refractivity contribution in [2.75, 3.05) is 0 Å². The average Bonchev–Trinajstić information content (AvgIpc) is 2.19. The molecule has 14 heavy (non-hydrogen) atoms. The van der Waals surface area contributed by atoms with Gasteiger partial charge < -0.3 is 9.90 Å². The highest BCUT2D eigenvalue weighted by Crippen LogP contribution is 2.04. The standard InChI is InChI=1S/C12H14O2/c1-10(12(13)14)6-5-9-11-7-3-2-4-8-11/h2-4,6-8H,5,9H2,1H3,(H,13,14)/p-1/b10-6+. The van der Waals surface area contributed by atoms with Gasteiger partial charge in [0.05, 0.1) is 5.97 Å². The lowest BCUT2D eigenvalue weighted by Gasteiger charge is -2.01. The van der Waals surface area contributed by atoms with Crippen molar-refractivity contribution in [3.63, 3.8) is 0 Å². The van der Waals surface area contributed by atoms with Gasteiger partial charge in [0.2, 0.25) is 0 Å². The van der Waals surface area contributed by atoms with Crippen molar-refractivity contribution in [1.82, 2.24) is 0 Å². The second kappa shape index (κ2) is 5.22. The van der Waals surface area contributed by atoms with Crippen LogP contribution >= 0.6 is 0 Å². The Bertz CT molecular complexity index is 325. The van der Waals surface area contributed by atoms with Gasteiger partial charge in [0.25, 0.3) is 0 Å². The molecule has 0 fully saturated rings. The highest BCUT2D eigenvalue weighted by Gasteiger charge is 1.91. The Morgan fingerprint density at radius 2 is 2.00 bits per heavy atom. The third kappa shape index (κ3) is 3.44. The number of allylic oxidation sites excluding steroid dienone is 1. The summed E-state index contributed by atoms with van der Waals surface area (Å²) >= 11 is 0. The fourth-order valence-corrected chi connectivity index (χ4v) is 1.18. The van der Waals surface area contributed by atoms with Crippen LogP contribution in [0.1, 0.15) is 18.9 Å². The van der Waals surface area contributed by atoms with E-state index in [2.05, 4.69) is 0 Å². The van der Waals surface area contributed by atoms with Crippen LogP contribution in [0.2, 0.25) is 0 Å². The fraction of sp³-hybridized carbons (Fsp3) is 0.250. The highest BCUT2D eigenvalue weighted by atomic mass is 16.4. The van der Waals surface area contributed by atoms with Gasteiger partial charge in [-0.3, -0.25) is 0 Å². The van der Waals surface area contributed by atoms with Gasteiger partial charge in [-0.05, 0) is 30.9 Å². The Labute approximate surface area is 83.9 Å². The van der Waals surface area contributed by atoms with E-state index in [1.807, 2.05) is 30.3 Å². The van der Waals surface area contributed by atoms with Crippen LogP contribution in [-0.4, -0.2) is 5.97 Å². The summed E-state index contributed by atoms with van der Waals surface area (Å²) in [4.78, 5) is 10.4. The number of aryl methyl sites for hydroxylation is 1. The van der Waals surface area contributed by atoms with Gasteiger partial charge in [-0.2, -0.15) is 0 Å². The minimum Gasteiger partial charge on any atom is -0.545 e. The molecule has 2 heteroatoms. The summed E-state index contributed by atoms with van der Waals surface area (Å²) in [5.74, 6) is -1.09. The number of benzene rings is 1. The number of carbonyl (C=O) groups is 1. The number of rotatable bonds is 4. The van der Waals surface area contributed by atoms with Crippen molar-refractivity contribution >= 4 is 5.97 Å². The van der Waals surface area contributed by atoms with Crippen LogP contribution in [0.3, 0.4) is 0 Å². The summed E-state index contributed by atoms with van der Waals surface area (Å²) in [5.41, 5.74) is 1.52. The molecule has 0 radical (unpaired) electrons. The molecule has 0 atom stereocenters. The van der Waals surface area contributed by atoms with Crippen molar-refractivity contribution in [2.45, 2.75) is 19.8 Å². The molecule has 0 unspecified atom stereocenters. The summed E-state index contributed by atoms with van der Waals surface area (Å²) in [7, 11) is 0. The summed E-state index contributed by atoms with van der Waals surface area (Å²) in [6, 6.07) is 9.98. The molecule has 74 valence electrons. The second-order valence-corrected chi connectivity index (χ2v) is 3.20. The lowest BCUT2D eigenvalue weighted by atomic mass is 10.1. The van der Waals surface area contributed by atoms with E-state index in [4.69, 9.17) is 0 Å². The molecule has 2 nitrogen and oxygen atoms in total. The van der Waals surface area contributed by atoms with Crippen molar-refractivity contribution in [2.24, 2.45) is 0 Å². The van der Waals surface area contributed by atoms with Crippen molar-refractivity contribution < 1.29 is 9.90 Å². The summed E-state index contributed by atoms with van der Waals surface area (Å²) in [5, 5.41) is 10.4. The molecular formula is C12H13O2-. The molecule has 0 N–H and O–H groups in total. The molecule has 0 bridgehead atoms. The number of hydrogen-bond acceptors (Lipinski definition) is 2. The Hall–Kier alpha value is -1.57. The van der Waals surface area contributed by atoms with Gasteiger partial charge >= 0.3 is 0 Å². The van der Waals surface area contributed by atoms with Crippen molar-refractivity contribution in [3.05, 3.63) is 47.5 Å². The van der Waals surface area contributed by atoms with Gasteiger partial charge in [0, 0.05) is 0 Å². The number of carboxylic acid groups (broad SMARTS) is 1. The van der Waals surface area contributed by atoms with Gasteiger partial charge in [0.1, 0.15) is 0 Å². The predicted octanol–water partition coefficient (Wildman–Crippen LogP) is 1.32. The third-order valence-corrected chi connectivity index (χ3v) is 2.05. The predicted molar refractivity (Wildman–Crippen MR) is 53.5 cm³/mol. The van der Waals surface area contributed by atoms with E-state index in [-0.39, 0.29) is 0 Å². The number of aliphatic carboxylic acids is 1. The Kier molecular flexibility index (Phi) is 3.92. The molecule has 0 aliphatic rings. The molecular weight excluding hydrogens is 176 g/mol. The molecule has 0 saturated heterocycles. The lowest BCUT2D eigenvalue weighted by Crippen LogP contribution is -2.22. The van der Waals surface area contributed by atoms with Crippen LogP contribution in [0, 0.1) is 0 Å². The number of hydrogen-bond donors (Lipinski definition) is 0. The minimum absolute atomic E-state index is 0.306. The molecule has 0 spiro atoms. The maximum Gasteiger partial charge on any atom is 0.0668 e. The van der Waals surface area contributed by atoms with Crippen LogP contribution in [-0.2, 0) is 11.2 Å². The monoisotopic (exact) mass is 189 g/mol. The number of carboxylic acids is 1. The van der Waals surface area contributed by atoms with Crippen LogP contribution in [0.15, 0.2) is 42.0 Å². The largest absolute Gasteiger partial charge is 0.545 e. The quantitative estimate of drug-likeness (QED) is 0.670. The summed E-state index contributed by atoms with van der Waals surface area (Å²) in [6.07, 6.45) is 3.30. The summed E-state index contributed by atoms with van der Waals surface area (Å²) < 4.78 is 0. The van der Waals surface area contributed by atoms with Crippen LogP contribution < -0.4 is 5.11 Å². The van der Waals surface area contributed by atoms with Crippen LogP contribution in [0.4, 0.5) is 0 Å². The normalized spacial score (nSPS) is 11.4. The summed E-state index contributed by atoms with van der Waals surface area (Å²) in [6.45, 7) is 1.56. The first kappa shape index (κ1) is 10.5. The SMILES string of the molecule is C/C(=C\CCc1ccccc1)C(=O)[O-]. The zero-order valence-electron chi connectivity index (χ0n) is 8.19. The molecule has 0 amide bonds. The van der Waals surface area contributed by atoms with Gasteiger partial charge in [-0.1, -0.05) is 36.4 Å². The molecule has 0 saturated carbocycles. The average molecular weight is 189 g/mol. The van der Waals surface area contributed by atoms with E-state index in [0.717, 1.165) is 12.8 Å². The van der Waals surface area contributed by atoms with Crippen molar-refractivity contribution in [3.8, 4) is 0 Å². The lowest BCUT2D eigenvalue weighted by molar-refractivity contribution is -0.299. The van der Waals surface area contributed by atoms with Gasteiger partial charge in [0.15, 0.2) is 0 Å². The minimum atomic E-state index is -1.09. The Morgan fingerprint density at radius 1 is 1.36 bits per heavy atom. The molecule has 0 heterocycles. The molecule has 1 aromatic rings. The van der Waals surface area contributed by atoms with E-state index >= 15 is 0 Å². The second-order valence-electron chi connectivity index (χ2n) is 3.20. The zero-order valence-corrected chi connectivity index (χ0v) is 8.19. The first-order valence-electron chi connectivity index (χ1n) is 4.62. The molecule has 0 aliphatic carbocycles. The zero-order chi connectivity index (χ0) is 10.4. The topological polar surface area (TPSA) is 40.1 Å². The maximum absolute atomic E-state index is 10.4. The molecule has 1 rings (SSSR count). The molecule has 1 aromatic carbocycles. The molecule has 0 aliphatic heterocycles. The Balaban J connectivity index is 2.43. The van der Waals surface area contributed by atoms with Gasteiger partial charge in [-0.15, -0.1) is 0 Å². The first-order chi connectivity index (χ1) is 6.70. The van der Waals surface area contributed by atoms with Crippen molar-refractivity contribution in [1.29, 1.82) is 0 Å². The maximum atomic E-state index is 10.4. The third-order valence-electron chi connectivity index (χ3n) is 2.05. The van der Waals surface area contributed by atoms with E-state index in [9.17, 15) is 9.90 Å². The fourth-order valence-electron chi connectivity index (χ4n) is 1.18. The van der Waals surface area contributed by atoms with E-state index < -0.39 is 5.97 Å². The van der Waals surface area contributed by atoms with Gasteiger partial charge in [-0.25, -0.2) is 0 Å². The van der Waals surface area contributed by atoms with E-state index in [0.29, 0.717) is 5.57 Å². The Morgan fingerprint density at radius 3 is 2.57 bits per heavy atom. The van der Waals surface area contributed by atoms with Crippen LogP contribution in [0.5, 0.6) is 0 Å². The first-order valence-corrected chi connectivity index (χ1v) is 4.62. The van der Waals surface area contributed by atoms with Crippen LogP contribution in [0.25, 0.3) is 0 Å². The van der Waals surface area contributed by atoms with E-state index in [1.54, 1.807) is 13.0 Å². The van der Waals surface area contributed by atoms with E-state index in [1.165, 1.54) is 5.56 Å². The highest BCUT2D eigenvalue weighted by molar-refractivity contribution is 5.83. The molecule has 0 aromatic heterocycles. The number of carbonyl (C=O) groups excluding carboxylic acids is 1.